The van der Waals surface area contributed by atoms with Crippen LogP contribution in [-0.2, 0) is 7.05 Å². The maximum atomic E-state index is 11.7. The molecule has 0 aliphatic heterocycles. The van der Waals surface area contributed by atoms with Crippen molar-refractivity contribution >= 4 is 22.6 Å². The summed E-state index contributed by atoms with van der Waals surface area (Å²) in [5.41, 5.74) is 1.25. The molecule has 2 aromatic carbocycles. The number of hydrogen-bond acceptors (Lipinski definition) is 5. The number of halogens is 1. The van der Waals surface area contributed by atoms with E-state index >= 15 is 0 Å². The third-order valence-corrected chi connectivity index (χ3v) is 4.13. The van der Waals surface area contributed by atoms with E-state index in [1.54, 1.807) is 49.5 Å². The van der Waals surface area contributed by atoms with Gasteiger partial charge in [-0.1, -0.05) is 16.8 Å². The Morgan fingerprint density at radius 3 is 2.56 bits per heavy atom. The Bertz CT molecular complexity index is 1210. The maximum absolute atomic E-state index is 11.7. The van der Waals surface area contributed by atoms with Gasteiger partial charge in [0.05, 0.1) is 11.0 Å². The summed E-state index contributed by atoms with van der Waals surface area (Å²) in [5.74, 6) is 0.738. The van der Waals surface area contributed by atoms with Crippen molar-refractivity contribution in [2.75, 3.05) is 0 Å². The highest BCUT2D eigenvalue weighted by atomic mass is 35.5. The monoisotopic (exact) mass is 354 g/mol. The summed E-state index contributed by atoms with van der Waals surface area (Å²) in [6.07, 6.45) is 0. The van der Waals surface area contributed by atoms with Gasteiger partial charge in [-0.15, -0.1) is 0 Å². The van der Waals surface area contributed by atoms with Gasteiger partial charge in [-0.25, -0.2) is 0 Å². The third kappa shape index (κ3) is 2.64. The number of aromatic amines is 1. The number of fused-ring (bicyclic) bond motifs is 1. The normalized spacial score (nSPS) is 11.1. The van der Waals surface area contributed by atoms with E-state index in [0.717, 1.165) is 5.56 Å². The zero-order valence-corrected chi connectivity index (χ0v) is 13.7. The number of aryl methyl sites for hydroxylation is 1. The second-order valence-electron chi connectivity index (χ2n) is 5.48. The van der Waals surface area contributed by atoms with Gasteiger partial charge in [0.1, 0.15) is 0 Å². The Morgan fingerprint density at radius 1 is 1.08 bits per heavy atom. The van der Waals surface area contributed by atoms with Crippen LogP contribution < -0.4 is 11.1 Å². The van der Waals surface area contributed by atoms with Gasteiger partial charge in [0.15, 0.2) is 0 Å². The topological polar surface area (TPSA) is 93.8 Å². The summed E-state index contributed by atoms with van der Waals surface area (Å²) in [6, 6.07) is 12.2. The zero-order valence-electron chi connectivity index (χ0n) is 13.0. The predicted octanol–water partition coefficient (Wildman–Crippen LogP) is 2.60. The van der Waals surface area contributed by atoms with Crippen LogP contribution in [0.2, 0.25) is 5.02 Å². The number of H-pyrrole nitrogens is 1. The van der Waals surface area contributed by atoms with Crippen molar-refractivity contribution < 1.29 is 4.52 Å². The fraction of sp³-hybridized carbons (Fsp3) is 0.0588. The minimum Gasteiger partial charge on any atom is -0.334 e. The van der Waals surface area contributed by atoms with Crippen molar-refractivity contribution in [3.05, 3.63) is 68.2 Å². The summed E-state index contributed by atoms with van der Waals surface area (Å²) in [7, 11) is 1.55. The van der Waals surface area contributed by atoms with E-state index in [0.29, 0.717) is 33.3 Å². The molecule has 8 heteroatoms. The van der Waals surface area contributed by atoms with Crippen LogP contribution in [0.15, 0.2) is 56.6 Å². The smallest absolute Gasteiger partial charge is 0.316 e. The second kappa shape index (κ2) is 5.71. The van der Waals surface area contributed by atoms with E-state index in [1.165, 1.54) is 4.57 Å². The van der Waals surface area contributed by atoms with Gasteiger partial charge in [0.2, 0.25) is 5.82 Å². The van der Waals surface area contributed by atoms with E-state index in [2.05, 4.69) is 15.1 Å². The van der Waals surface area contributed by atoms with Crippen LogP contribution in [0, 0.1) is 0 Å². The summed E-state index contributed by atoms with van der Waals surface area (Å²) in [4.78, 5) is 30.3. The Balaban J connectivity index is 1.80. The maximum Gasteiger partial charge on any atom is 0.316 e. The average Bonchev–Trinajstić information content (AvgIpc) is 3.10. The first-order valence-corrected chi connectivity index (χ1v) is 7.74. The molecule has 0 radical (unpaired) electrons. The molecule has 4 aromatic rings. The SMILES string of the molecule is Cn1c(=O)c(=O)[nH]c2cc(-c3noc(-c4ccc(Cl)cc4)n3)ccc21. The molecule has 4 rings (SSSR count). The van der Waals surface area contributed by atoms with E-state index in [9.17, 15) is 9.59 Å². The number of nitrogens with one attached hydrogen (secondary N) is 1. The number of nitrogens with zero attached hydrogens (tertiary/aromatic N) is 3. The summed E-state index contributed by atoms with van der Waals surface area (Å²) in [6.45, 7) is 0. The molecule has 25 heavy (non-hydrogen) atoms. The lowest BCUT2D eigenvalue weighted by Gasteiger charge is -2.04. The van der Waals surface area contributed by atoms with Crippen molar-refractivity contribution in [1.82, 2.24) is 19.7 Å². The molecule has 0 unspecified atom stereocenters. The molecule has 0 spiro atoms. The minimum absolute atomic E-state index is 0.362. The number of hydrogen-bond donors (Lipinski definition) is 1. The van der Waals surface area contributed by atoms with E-state index in [4.69, 9.17) is 16.1 Å². The van der Waals surface area contributed by atoms with Crippen molar-refractivity contribution in [1.29, 1.82) is 0 Å². The quantitative estimate of drug-likeness (QED) is 0.558. The van der Waals surface area contributed by atoms with Crippen LogP contribution in [0.4, 0.5) is 0 Å². The van der Waals surface area contributed by atoms with Gasteiger partial charge >= 0.3 is 11.1 Å². The molecule has 2 aromatic heterocycles. The highest BCUT2D eigenvalue weighted by molar-refractivity contribution is 6.30. The van der Waals surface area contributed by atoms with Crippen LogP contribution in [0.1, 0.15) is 0 Å². The lowest BCUT2D eigenvalue weighted by Crippen LogP contribution is -2.34. The van der Waals surface area contributed by atoms with E-state index in [-0.39, 0.29) is 0 Å². The Labute approximate surface area is 145 Å². The summed E-state index contributed by atoms with van der Waals surface area (Å²) < 4.78 is 6.59. The first kappa shape index (κ1) is 15.3. The minimum atomic E-state index is -0.679. The van der Waals surface area contributed by atoms with Gasteiger partial charge in [-0.3, -0.25) is 9.59 Å². The van der Waals surface area contributed by atoms with Crippen molar-refractivity contribution in [2.45, 2.75) is 0 Å². The number of aromatic nitrogens is 4. The lowest BCUT2D eigenvalue weighted by molar-refractivity contribution is 0.432. The Kier molecular flexibility index (Phi) is 3.51. The van der Waals surface area contributed by atoms with Crippen molar-refractivity contribution in [3.8, 4) is 22.8 Å². The molecule has 0 bridgehead atoms. The molecular weight excluding hydrogens is 344 g/mol. The Morgan fingerprint density at radius 2 is 1.80 bits per heavy atom. The van der Waals surface area contributed by atoms with E-state index < -0.39 is 11.1 Å². The molecule has 0 aliphatic carbocycles. The van der Waals surface area contributed by atoms with Gasteiger partial charge in [0.25, 0.3) is 5.89 Å². The van der Waals surface area contributed by atoms with Crippen molar-refractivity contribution in [2.24, 2.45) is 7.05 Å². The largest absolute Gasteiger partial charge is 0.334 e. The first-order chi connectivity index (χ1) is 12.0. The van der Waals surface area contributed by atoms with E-state index in [1.807, 2.05) is 0 Å². The molecule has 0 fully saturated rings. The van der Waals surface area contributed by atoms with Crippen LogP contribution >= 0.6 is 11.6 Å². The second-order valence-corrected chi connectivity index (χ2v) is 5.92. The molecule has 0 saturated carbocycles. The Hall–Kier alpha value is -3.19. The van der Waals surface area contributed by atoms with Gasteiger partial charge in [-0.2, -0.15) is 4.98 Å². The fourth-order valence-electron chi connectivity index (χ4n) is 2.56. The first-order valence-electron chi connectivity index (χ1n) is 7.36. The predicted molar refractivity (Wildman–Crippen MR) is 93.5 cm³/mol. The van der Waals surface area contributed by atoms with Gasteiger partial charge in [0, 0.05) is 23.2 Å². The number of benzene rings is 2. The standard InChI is InChI=1S/C17H11ClN4O3/c1-22-13-7-4-10(8-12(13)19-15(23)17(22)24)14-20-16(25-21-14)9-2-5-11(18)6-3-9/h2-8H,1H3,(H,19,23). The van der Waals surface area contributed by atoms with Gasteiger partial charge in [-0.05, 0) is 42.5 Å². The lowest BCUT2D eigenvalue weighted by atomic mass is 10.1. The highest BCUT2D eigenvalue weighted by Crippen LogP contribution is 2.24. The molecular formula is C17H11ClN4O3. The highest BCUT2D eigenvalue weighted by Gasteiger charge is 2.12. The summed E-state index contributed by atoms with van der Waals surface area (Å²) >= 11 is 5.87. The molecule has 1 N–H and O–H groups in total. The van der Waals surface area contributed by atoms with Crippen LogP contribution in [0.5, 0.6) is 0 Å². The fourth-order valence-corrected chi connectivity index (χ4v) is 2.68. The molecule has 0 aliphatic rings. The zero-order chi connectivity index (χ0) is 17.6. The third-order valence-electron chi connectivity index (χ3n) is 3.88. The molecule has 0 atom stereocenters. The molecule has 7 nitrogen and oxygen atoms in total. The summed E-state index contributed by atoms with van der Waals surface area (Å²) in [5, 5.41) is 4.59. The molecule has 124 valence electrons. The molecule has 2 heterocycles. The molecule has 0 amide bonds. The van der Waals surface area contributed by atoms with Crippen LogP contribution in [-0.4, -0.2) is 19.7 Å². The van der Waals surface area contributed by atoms with Gasteiger partial charge < -0.3 is 14.1 Å². The average molecular weight is 355 g/mol. The van der Waals surface area contributed by atoms with Crippen LogP contribution in [0.3, 0.4) is 0 Å². The van der Waals surface area contributed by atoms with Crippen molar-refractivity contribution in [3.63, 3.8) is 0 Å². The van der Waals surface area contributed by atoms with Crippen LogP contribution in [0.25, 0.3) is 33.9 Å². The number of rotatable bonds is 2. The molecule has 0 saturated heterocycles.